The van der Waals surface area contributed by atoms with Gasteiger partial charge in [-0.2, -0.15) is 5.10 Å². The van der Waals surface area contributed by atoms with Crippen molar-refractivity contribution in [3.05, 3.63) is 57.6 Å². The highest BCUT2D eigenvalue weighted by molar-refractivity contribution is 6.33. The topological polar surface area (TPSA) is 76.8 Å². The molecule has 2 aromatic carbocycles. The fraction of sp³-hybridized carbons (Fsp3) is 0.125. The van der Waals surface area contributed by atoms with Crippen molar-refractivity contribution >= 4 is 28.9 Å². The van der Waals surface area contributed by atoms with Crippen LogP contribution in [0.4, 0.5) is 10.1 Å². The lowest BCUT2D eigenvalue weighted by Gasteiger charge is -2.08. The fourth-order valence-electron chi connectivity index (χ4n) is 2.28. The largest absolute Gasteiger partial charge is 0.496 e. The Morgan fingerprint density at radius 1 is 1.25 bits per heavy atom. The molecule has 0 aliphatic heterocycles. The predicted molar refractivity (Wildman–Crippen MR) is 92.0 cm³/mol. The van der Waals surface area contributed by atoms with Gasteiger partial charge in [-0.3, -0.25) is 5.10 Å². The van der Waals surface area contributed by atoms with E-state index < -0.39 is 5.82 Å². The monoisotopic (exact) mass is 366 g/mol. The number of nitrogens with one attached hydrogen (secondary N) is 1. The maximum absolute atomic E-state index is 13.9. The van der Waals surface area contributed by atoms with E-state index in [-0.39, 0.29) is 6.42 Å². The van der Waals surface area contributed by atoms with Crippen molar-refractivity contribution < 1.29 is 9.13 Å². The minimum Gasteiger partial charge on any atom is -0.496 e. The Morgan fingerprint density at radius 3 is 2.75 bits per heavy atom. The Balaban J connectivity index is 1.96. The van der Waals surface area contributed by atoms with Crippen LogP contribution >= 0.6 is 23.2 Å². The van der Waals surface area contributed by atoms with Gasteiger partial charge in [0.15, 0.2) is 5.82 Å². The van der Waals surface area contributed by atoms with Crippen molar-refractivity contribution in [2.75, 3.05) is 12.8 Å². The third kappa shape index (κ3) is 3.16. The Morgan fingerprint density at radius 2 is 2.04 bits per heavy atom. The number of hydrogen-bond acceptors (Lipinski definition) is 4. The molecular weight excluding hydrogens is 354 g/mol. The van der Waals surface area contributed by atoms with Crippen LogP contribution in [0.5, 0.6) is 5.75 Å². The third-order valence-corrected chi connectivity index (χ3v) is 4.18. The summed E-state index contributed by atoms with van der Waals surface area (Å²) in [5.74, 6) is 0.933. The van der Waals surface area contributed by atoms with Crippen LogP contribution in [0.2, 0.25) is 10.0 Å². The summed E-state index contributed by atoms with van der Waals surface area (Å²) < 4.78 is 19.2. The van der Waals surface area contributed by atoms with E-state index in [1.807, 2.05) is 0 Å². The van der Waals surface area contributed by atoms with E-state index in [1.54, 1.807) is 24.3 Å². The summed E-state index contributed by atoms with van der Waals surface area (Å²) in [4.78, 5) is 4.37. The smallest absolute Gasteiger partial charge is 0.184 e. The number of benzene rings is 2. The third-order valence-electron chi connectivity index (χ3n) is 3.50. The summed E-state index contributed by atoms with van der Waals surface area (Å²) in [6.45, 7) is 0. The molecule has 0 bridgehead atoms. The van der Waals surface area contributed by atoms with Crippen LogP contribution in [0.3, 0.4) is 0 Å². The Bertz CT molecular complexity index is 878. The molecule has 1 heterocycles. The number of hydrogen-bond donors (Lipinski definition) is 2. The number of aromatic amines is 1. The number of halogens is 3. The molecule has 0 aliphatic rings. The standard InChI is InChI=1S/C16H13Cl2FN4O/c1-24-14-7-13(20)11(18)5-9(14)16-21-15(22-23-16)6-8-10(17)3-2-4-12(8)19/h2-5,7H,6,20H2,1H3,(H,21,22,23). The molecule has 0 fully saturated rings. The van der Waals surface area contributed by atoms with Gasteiger partial charge in [-0.1, -0.05) is 29.3 Å². The van der Waals surface area contributed by atoms with Gasteiger partial charge < -0.3 is 10.5 Å². The average molecular weight is 367 g/mol. The van der Waals surface area contributed by atoms with E-state index in [4.69, 9.17) is 33.7 Å². The van der Waals surface area contributed by atoms with Gasteiger partial charge >= 0.3 is 0 Å². The molecule has 0 radical (unpaired) electrons. The second-order valence-corrected chi connectivity index (χ2v) is 5.87. The van der Waals surface area contributed by atoms with Crippen molar-refractivity contribution in [1.82, 2.24) is 15.2 Å². The van der Waals surface area contributed by atoms with Gasteiger partial charge in [0.1, 0.15) is 17.4 Å². The lowest BCUT2D eigenvalue weighted by Crippen LogP contribution is -1.96. The SMILES string of the molecule is COc1cc(N)c(Cl)cc1-c1n[nH]c(Cc2c(F)cccc2Cl)n1. The summed E-state index contributed by atoms with van der Waals surface area (Å²) in [5, 5.41) is 7.62. The van der Waals surface area contributed by atoms with Crippen LogP contribution < -0.4 is 10.5 Å². The molecule has 1 aromatic heterocycles. The van der Waals surface area contributed by atoms with Crippen molar-refractivity contribution in [1.29, 1.82) is 0 Å². The zero-order valence-electron chi connectivity index (χ0n) is 12.6. The second-order valence-electron chi connectivity index (χ2n) is 5.06. The molecular formula is C16H13Cl2FN4O. The molecule has 0 amide bonds. The van der Waals surface area contributed by atoms with Crippen molar-refractivity contribution in [2.45, 2.75) is 6.42 Å². The van der Waals surface area contributed by atoms with E-state index >= 15 is 0 Å². The molecule has 0 aliphatic carbocycles. The van der Waals surface area contributed by atoms with Crippen molar-refractivity contribution in [3.63, 3.8) is 0 Å². The minimum atomic E-state index is -0.395. The fourth-order valence-corrected chi connectivity index (χ4v) is 2.67. The minimum absolute atomic E-state index is 0.184. The van der Waals surface area contributed by atoms with E-state index in [2.05, 4.69) is 15.2 Å². The zero-order chi connectivity index (χ0) is 17.3. The number of nitrogen functional groups attached to an aromatic ring is 1. The Kier molecular flexibility index (Phi) is 4.59. The second kappa shape index (κ2) is 6.67. The van der Waals surface area contributed by atoms with E-state index in [0.29, 0.717) is 44.3 Å². The molecule has 124 valence electrons. The maximum Gasteiger partial charge on any atom is 0.184 e. The van der Waals surface area contributed by atoms with Crippen molar-refractivity contribution in [2.24, 2.45) is 0 Å². The number of H-pyrrole nitrogens is 1. The first-order valence-corrected chi connectivity index (χ1v) is 7.72. The van der Waals surface area contributed by atoms with E-state index in [1.165, 1.54) is 13.2 Å². The Labute approximate surface area is 147 Å². The van der Waals surface area contributed by atoms with Crippen LogP contribution in [0.1, 0.15) is 11.4 Å². The lowest BCUT2D eigenvalue weighted by molar-refractivity contribution is 0.416. The molecule has 0 atom stereocenters. The molecule has 24 heavy (non-hydrogen) atoms. The summed E-state index contributed by atoms with van der Waals surface area (Å²) in [6, 6.07) is 7.75. The summed E-state index contributed by atoms with van der Waals surface area (Å²) >= 11 is 12.1. The summed E-state index contributed by atoms with van der Waals surface area (Å²) in [7, 11) is 1.51. The number of aromatic nitrogens is 3. The van der Waals surface area contributed by atoms with Crippen LogP contribution in [0, 0.1) is 5.82 Å². The van der Waals surface area contributed by atoms with Gasteiger partial charge in [0.25, 0.3) is 0 Å². The molecule has 3 aromatic rings. The Hall–Kier alpha value is -2.31. The molecule has 5 nitrogen and oxygen atoms in total. The number of nitrogens with zero attached hydrogens (tertiary/aromatic N) is 2. The van der Waals surface area contributed by atoms with Crippen LogP contribution in [-0.4, -0.2) is 22.3 Å². The molecule has 0 saturated carbocycles. The normalized spacial score (nSPS) is 10.8. The van der Waals surface area contributed by atoms with Crippen molar-refractivity contribution in [3.8, 4) is 17.1 Å². The zero-order valence-corrected chi connectivity index (χ0v) is 14.1. The molecule has 3 rings (SSSR count). The van der Waals surface area contributed by atoms with E-state index in [0.717, 1.165) is 0 Å². The van der Waals surface area contributed by atoms with Crippen LogP contribution in [0.15, 0.2) is 30.3 Å². The summed E-state index contributed by atoms with van der Waals surface area (Å²) in [5.41, 5.74) is 7.09. The highest BCUT2D eigenvalue weighted by atomic mass is 35.5. The van der Waals surface area contributed by atoms with Crippen LogP contribution in [-0.2, 0) is 6.42 Å². The first kappa shape index (κ1) is 16.5. The highest BCUT2D eigenvalue weighted by Crippen LogP contribution is 2.34. The molecule has 0 saturated heterocycles. The molecule has 0 unspecified atom stereocenters. The maximum atomic E-state index is 13.9. The highest BCUT2D eigenvalue weighted by Gasteiger charge is 2.16. The number of ether oxygens (including phenoxy) is 1. The number of methoxy groups -OCH3 is 1. The van der Waals surface area contributed by atoms with Gasteiger partial charge in [-0.25, -0.2) is 9.37 Å². The van der Waals surface area contributed by atoms with Crippen LogP contribution in [0.25, 0.3) is 11.4 Å². The average Bonchev–Trinajstić information content (AvgIpc) is 3.01. The molecule has 8 heteroatoms. The van der Waals surface area contributed by atoms with Gasteiger partial charge in [-0.05, 0) is 18.2 Å². The first-order chi connectivity index (χ1) is 11.5. The number of nitrogens with two attached hydrogens (primary N) is 1. The number of rotatable bonds is 4. The number of anilines is 1. The lowest BCUT2D eigenvalue weighted by atomic mass is 10.1. The van der Waals surface area contributed by atoms with Gasteiger partial charge in [-0.15, -0.1) is 0 Å². The van der Waals surface area contributed by atoms with Gasteiger partial charge in [0.2, 0.25) is 0 Å². The van der Waals surface area contributed by atoms with Gasteiger partial charge in [0, 0.05) is 23.1 Å². The summed E-state index contributed by atoms with van der Waals surface area (Å²) in [6.07, 6.45) is 0.184. The predicted octanol–water partition coefficient (Wildman–Crippen LogP) is 4.10. The van der Waals surface area contributed by atoms with Gasteiger partial charge in [0.05, 0.1) is 23.4 Å². The quantitative estimate of drug-likeness (QED) is 0.681. The first-order valence-electron chi connectivity index (χ1n) is 6.97. The molecule has 3 N–H and O–H groups in total. The van der Waals surface area contributed by atoms with E-state index in [9.17, 15) is 4.39 Å². The molecule has 0 spiro atoms.